The molecule has 8 nitrogen and oxygen atoms in total. The van der Waals surface area contributed by atoms with Crippen molar-refractivity contribution in [2.75, 3.05) is 17.8 Å². The molecule has 0 fully saturated rings. The SMILES string of the molecule is CCOc1cc([C@H]2N(C(=O)CC)c3ccccc3[C@@H]3C(=O)NC(SC)=NN32)ccc1OCc1ccccc1. The van der Waals surface area contributed by atoms with Crippen LogP contribution in [-0.4, -0.2) is 34.9 Å². The van der Waals surface area contributed by atoms with Crippen LogP contribution in [0.4, 0.5) is 5.69 Å². The first-order valence-electron chi connectivity index (χ1n) is 12.6. The van der Waals surface area contributed by atoms with Crippen molar-refractivity contribution in [3.8, 4) is 11.5 Å². The van der Waals surface area contributed by atoms with Crippen molar-refractivity contribution in [2.45, 2.75) is 39.1 Å². The van der Waals surface area contributed by atoms with Crippen LogP contribution in [0.15, 0.2) is 77.9 Å². The summed E-state index contributed by atoms with van der Waals surface area (Å²) in [5.74, 6) is 0.912. The topological polar surface area (TPSA) is 83.5 Å². The molecule has 38 heavy (non-hydrogen) atoms. The second kappa shape index (κ2) is 11.2. The molecular formula is C29H30N4O4S. The van der Waals surface area contributed by atoms with Gasteiger partial charge in [0.15, 0.2) is 28.9 Å². The Morgan fingerprint density at radius 2 is 1.76 bits per heavy atom. The number of fused-ring (bicyclic) bond motifs is 3. The normalized spacial score (nSPS) is 18.2. The van der Waals surface area contributed by atoms with E-state index in [0.29, 0.717) is 42.0 Å². The van der Waals surface area contributed by atoms with E-state index < -0.39 is 12.2 Å². The summed E-state index contributed by atoms with van der Waals surface area (Å²) in [7, 11) is 0. The van der Waals surface area contributed by atoms with Crippen molar-refractivity contribution in [1.82, 2.24) is 10.3 Å². The first-order chi connectivity index (χ1) is 18.5. The average molecular weight is 531 g/mol. The fraction of sp³-hybridized carbons (Fsp3) is 0.276. The number of amides is 2. The summed E-state index contributed by atoms with van der Waals surface area (Å²) in [5.41, 5.74) is 3.25. The predicted octanol–water partition coefficient (Wildman–Crippen LogP) is 5.23. The summed E-state index contributed by atoms with van der Waals surface area (Å²) in [5, 5.41) is 9.89. The molecule has 0 spiro atoms. The molecule has 0 radical (unpaired) electrons. The number of thioether (sulfide) groups is 1. The van der Waals surface area contributed by atoms with Gasteiger partial charge in [0, 0.05) is 17.5 Å². The highest BCUT2D eigenvalue weighted by Crippen LogP contribution is 2.48. The lowest BCUT2D eigenvalue weighted by Gasteiger charge is -2.48. The van der Waals surface area contributed by atoms with Crippen molar-refractivity contribution < 1.29 is 19.1 Å². The number of hydrogen-bond donors (Lipinski definition) is 1. The van der Waals surface area contributed by atoms with E-state index in [1.165, 1.54) is 11.8 Å². The van der Waals surface area contributed by atoms with Gasteiger partial charge in [-0.25, -0.2) is 0 Å². The van der Waals surface area contributed by atoms with Crippen molar-refractivity contribution in [3.63, 3.8) is 0 Å². The molecule has 0 bridgehead atoms. The Hall–Kier alpha value is -3.98. The highest BCUT2D eigenvalue weighted by molar-refractivity contribution is 8.13. The number of nitrogens with zero attached hydrogens (tertiary/aromatic N) is 3. The van der Waals surface area contributed by atoms with Gasteiger partial charge in [-0.1, -0.05) is 73.3 Å². The number of hydrogen-bond acceptors (Lipinski definition) is 7. The molecule has 1 N–H and O–H groups in total. The van der Waals surface area contributed by atoms with E-state index in [0.717, 1.165) is 16.7 Å². The first kappa shape index (κ1) is 25.7. The largest absolute Gasteiger partial charge is 0.490 e. The van der Waals surface area contributed by atoms with Gasteiger partial charge in [0.25, 0.3) is 5.91 Å². The van der Waals surface area contributed by atoms with E-state index in [1.54, 1.807) is 9.91 Å². The minimum Gasteiger partial charge on any atom is -0.490 e. The number of nitrogens with one attached hydrogen (secondary N) is 1. The summed E-state index contributed by atoms with van der Waals surface area (Å²) >= 11 is 1.35. The Labute approximate surface area is 226 Å². The average Bonchev–Trinajstić information content (AvgIpc) is 2.95. The summed E-state index contributed by atoms with van der Waals surface area (Å²) in [4.78, 5) is 28.5. The molecule has 2 aliphatic heterocycles. The Kier molecular flexibility index (Phi) is 7.55. The number of benzene rings is 3. The van der Waals surface area contributed by atoms with Gasteiger partial charge in [0.2, 0.25) is 5.91 Å². The number of amidine groups is 1. The predicted molar refractivity (Wildman–Crippen MR) is 149 cm³/mol. The standard InChI is InChI=1S/C29H30N4O4S/c1-4-25(34)32-22-14-10-9-13-21(22)26-27(35)30-29(38-3)31-33(26)28(32)20-15-16-23(24(17-20)36-5-2)37-18-19-11-7-6-8-12-19/h6-17,26,28H,4-5,18H2,1-3H3,(H,30,31,35)/t26-,28+/m1/s1. The zero-order valence-corrected chi connectivity index (χ0v) is 22.4. The summed E-state index contributed by atoms with van der Waals surface area (Å²) in [6.07, 6.45) is 1.50. The molecule has 2 aliphatic rings. The van der Waals surface area contributed by atoms with Crippen LogP contribution >= 0.6 is 11.8 Å². The van der Waals surface area contributed by atoms with Gasteiger partial charge in [-0.15, -0.1) is 5.10 Å². The van der Waals surface area contributed by atoms with E-state index >= 15 is 0 Å². The Morgan fingerprint density at radius 1 is 1.00 bits per heavy atom. The number of carbonyl (C=O) groups excluding carboxylic acids is 2. The molecule has 0 saturated carbocycles. The Bertz CT molecular complexity index is 1360. The van der Waals surface area contributed by atoms with Gasteiger partial charge in [-0.05, 0) is 36.9 Å². The molecular weight excluding hydrogens is 500 g/mol. The summed E-state index contributed by atoms with van der Waals surface area (Å²) < 4.78 is 12.1. The maximum Gasteiger partial charge on any atom is 0.255 e. The van der Waals surface area contributed by atoms with Crippen LogP contribution in [0, 0.1) is 0 Å². The second-order valence-corrected chi connectivity index (χ2v) is 9.64. The lowest BCUT2D eigenvalue weighted by atomic mass is 9.95. The van der Waals surface area contributed by atoms with Crippen LogP contribution in [0.3, 0.4) is 0 Å². The third-order valence-corrected chi connectivity index (χ3v) is 7.07. The lowest BCUT2D eigenvalue weighted by molar-refractivity contribution is -0.130. The fourth-order valence-electron chi connectivity index (χ4n) is 4.79. The van der Waals surface area contributed by atoms with Crippen LogP contribution < -0.4 is 19.7 Å². The number of anilines is 1. The molecule has 3 aromatic rings. The first-order valence-corrected chi connectivity index (χ1v) is 13.8. The van der Waals surface area contributed by atoms with Crippen molar-refractivity contribution in [3.05, 3.63) is 89.5 Å². The van der Waals surface area contributed by atoms with E-state index in [9.17, 15) is 9.59 Å². The quantitative estimate of drug-likeness (QED) is 0.451. The minimum absolute atomic E-state index is 0.0739. The zero-order chi connectivity index (χ0) is 26.6. The van der Waals surface area contributed by atoms with Crippen LogP contribution in [0.25, 0.3) is 0 Å². The van der Waals surface area contributed by atoms with E-state index in [4.69, 9.17) is 14.6 Å². The Balaban J connectivity index is 1.61. The van der Waals surface area contributed by atoms with Gasteiger partial charge in [-0.2, -0.15) is 0 Å². The van der Waals surface area contributed by atoms with Crippen LogP contribution in [-0.2, 0) is 16.2 Å². The maximum absolute atomic E-state index is 13.4. The Morgan fingerprint density at radius 3 is 2.50 bits per heavy atom. The number of carbonyl (C=O) groups is 2. The summed E-state index contributed by atoms with van der Waals surface area (Å²) in [6.45, 7) is 4.59. The second-order valence-electron chi connectivity index (χ2n) is 8.84. The highest BCUT2D eigenvalue weighted by atomic mass is 32.2. The van der Waals surface area contributed by atoms with Crippen LogP contribution in [0.1, 0.15) is 49.2 Å². The third-order valence-electron chi connectivity index (χ3n) is 6.50. The molecule has 2 atom stereocenters. The molecule has 0 aliphatic carbocycles. The van der Waals surface area contributed by atoms with E-state index in [2.05, 4.69) is 5.32 Å². The molecule has 2 amide bonds. The number of ether oxygens (including phenoxy) is 2. The van der Waals surface area contributed by atoms with Crippen LogP contribution in [0.2, 0.25) is 0 Å². The van der Waals surface area contributed by atoms with Gasteiger partial charge in [0.05, 0.1) is 12.3 Å². The number of rotatable bonds is 7. The van der Waals surface area contributed by atoms with Gasteiger partial charge < -0.3 is 14.8 Å². The highest BCUT2D eigenvalue weighted by Gasteiger charge is 2.47. The molecule has 0 saturated heterocycles. The summed E-state index contributed by atoms with van der Waals surface area (Å²) in [6, 6.07) is 22.4. The monoisotopic (exact) mass is 530 g/mol. The maximum atomic E-state index is 13.4. The molecule has 2 heterocycles. The molecule has 196 valence electrons. The van der Waals surface area contributed by atoms with E-state index in [1.807, 2.05) is 92.9 Å². The minimum atomic E-state index is -0.683. The van der Waals surface area contributed by atoms with Crippen LogP contribution in [0.5, 0.6) is 11.5 Å². The molecule has 0 aromatic heterocycles. The number of para-hydroxylation sites is 1. The zero-order valence-electron chi connectivity index (χ0n) is 21.6. The van der Waals surface area contributed by atoms with Gasteiger partial charge in [0.1, 0.15) is 6.61 Å². The van der Waals surface area contributed by atoms with Crippen molar-refractivity contribution in [2.24, 2.45) is 5.10 Å². The van der Waals surface area contributed by atoms with Crippen molar-refractivity contribution >= 4 is 34.4 Å². The molecule has 5 rings (SSSR count). The number of hydrazone groups is 1. The van der Waals surface area contributed by atoms with Gasteiger partial charge in [-0.3, -0.25) is 19.5 Å². The van der Waals surface area contributed by atoms with E-state index in [-0.39, 0.29) is 11.8 Å². The third kappa shape index (κ3) is 4.81. The molecule has 0 unspecified atom stereocenters. The van der Waals surface area contributed by atoms with Crippen molar-refractivity contribution in [1.29, 1.82) is 0 Å². The van der Waals surface area contributed by atoms with Gasteiger partial charge >= 0.3 is 0 Å². The molecule has 9 heteroatoms. The lowest BCUT2D eigenvalue weighted by Crippen LogP contribution is -2.55. The molecule has 3 aromatic carbocycles. The smallest absolute Gasteiger partial charge is 0.255 e. The fourth-order valence-corrected chi connectivity index (χ4v) is 5.17.